The molecule has 5 heteroatoms. The monoisotopic (exact) mass is 289 g/mol. The average molecular weight is 289 g/mol. The van der Waals surface area contributed by atoms with Crippen molar-refractivity contribution in [2.75, 3.05) is 20.3 Å². The number of ether oxygens (including phenoxy) is 2. The smallest absolute Gasteiger partial charge is 0.338 e. The quantitative estimate of drug-likeness (QED) is 0.859. The molecule has 0 radical (unpaired) electrons. The first kappa shape index (κ1) is 15.0. The molecule has 2 aromatic rings. The zero-order valence-electron chi connectivity index (χ0n) is 11.6. The molecule has 0 amide bonds. The maximum absolute atomic E-state index is 13.9. The van der Waals surface area contributed by atoms with Gasteiger partial charge in [-0.3, -0.25) is 0 Å². The topological polar surface area (TPSA) is 61.5 Å². The van der Waals surface area contributed by atoms with Crippen LogP contribution in [0.15, 0.2) is 42.5 Å². The molecule has 0 spiro atoms. The van der Waals surface area contributed by atoms with E-state index in [9.17, 15) is 9.18 Å². The summed E-state index contributed by atoms with van der Waals surface area (Å²) in [6, 6.07) is 11.1. The van der Waals surface area contributed by atoms with Crippen LogP contribution in [0.3, 0.4) is 0 Å². The van der Waals surface area contributed by atoms with Crippen LogP contribution >= 0.6 is 0 Å². The number of hydrogen-bond donors (Lipinski definition) is 1. The highest BCUT2D eigenvalue weighted by Gasteiger charge is 2.12. The van der Waals surface area contributed by atoms with Gasteiger partial charge < -0.3 is 15.2 Å². The van der Waals surface area contributed by atoms with Gasteiger partial charge in [0, 0.05) is 12.1 Å². The second kappa shape index (κ2) is 6.85. The fourth-order valence-corrected chi connectivity index (χ4v) is 1.95. The minimum atomic E-state index is -0.509. The summed E-state index contributed by atoms with van der Waals surface area (Å²) in [5.74, 6) is -0.434. The minimum Gasteiger partial charge on any atom is -0.492 e. The molecule has 4 nitrogen and oxygen atoms in total. The molecular formula is C16H16FNO3. The molecule has 0 bridgehead atoms. The summed E-state index contributed by atoms with van der Waals surface area (Å²) < 4.78 is 24.0. The Labute approximate surface area is 122 Å². The Morgan fingerprint density at radius 1 is 1.24 bits per heavy atom. The van der Waals surface area contributed by atoms with Crippen LogP contribution in [-0.2, 0) is 4.74 Å². The molecule has 110 valence electrons. The molecule has 0 atom stereocenters. The molecule has 0 heterocycles. The summed E-state index contributed by atoms with van der Waals surface area (Å²) in [5.41, 5.74) is 6.63. The number of rotatable bonds is 5. The predicted octanol–water partition coefficient (Wildman–Crippen LogP) is 2.62. The fraction of sp³-hybridized carbons (Fsp3) is 0.188. The SMILES string of the molecule is COC(=O)c1cc(OCCN)cc(-c2ccccc2F)c1. The van der Waals surface area contributed by atoms with Crippen molar-refractivity contribution >= 4 is 5.97 Å². The minimum absolute atomic E-state index is 0.297. The Bertz CT molecular complexity index is 643. The van der Waals surface area contributed by atoms with Crippen LogP contribution in [0.4, 0.5) is 4.39 Å². The molecule has 21 heavy (non-hydrogen) atoms. The lowest BCUT2D eigenvalue weighted by Gasteiger charge is -2.10. The maximum Gasteiger partial charge on any atom is 0.338 e. The molecule has 0 aliphatic heterocycles. The van der Waals surface area contributed by atoms with Crippen molar-refractivity contribution < 1.29 is 18.7 Å². The zero-order chi connectivity index (χ0) is 15.2. The lowest BCUT2D eigenvalue weighted by atomic mass is 10.0. The van der Waals surface area contributed by atoms with Crippen molar-refractivity contribution in [2.45, 2.75) is 0 Å². The van der Waals surface area contributed by atoms with Gasteiger partial charge in [0.05, 0.1) is 12.7 Å². The highest BCUT2D eigenvalue weighted by molar-refractivity contribution is 5.91. The van der Waals surface area contributed by atoms with Gasteiger partial charge in [-0.15, -0.1) is 0 Å². The van der Waals surface area contributed by atoms with Gasteiger partial charge >= 0.3 is 5.97 Å². The first-order chi connectivity index (χ1) is 10.2. The molecule has 0 fully saturated rings. The number of hydrogen-bond acceptors (Lipinski definition) is 4. The lowest BCUT2D eigenvalue weighted by molar-refractivity contribution is 0.0600. The molecule has 0 aliphatic rings. The molecular weight excluding hydrogens is 273 g/mol. The summed E-state index contributed by atoms with van der Waals surface area (Å²) in [7, 11) is 1.29. The van der Waals surface area contributed by atoms with Crippen molar-refractivity contribution in [3.05, 3.63) is 53.8 Å². The van der Waals surface area contributed by atoms with E-state index in [-0.39, 0.29) is 5.82 Å². The van der Waals surface area contributed by atoms with Crippen LogP contribution in [0, 0.1) is 5.82 Å². The third-order valence-electron chi connectivity index (χ3n) is 2.90. The van der Waals surface area contributed by atoms with Gasteiger partial charge in [-0.05, 0) is 29.8 Å². The molecule has 0 aromatic heterocycles. The van der Waals surface area contributed by atoms with Crippen LogP contribution in [0.2, 0.25) is 0 Å². The second-order valence-electron chi connectivity index (χ2n) is 4.35. The summed E-state index contributed by atoms with van der Waals surface area (Å²) >= 11 is 0. The molecule has 0 saturated heterocycles. The zero-order valence-corrected chi connectivity index (χ0v) is 11.6. The summed E-state index contributed by atoms with van der Waals surface area (Å²) in [6.07, 6.45) is 0. The van der Waals surface area contributed by atoms with Gasteiger partial charge in [-0.1, -0.05) is 18.2 Å². The molecule has 0 aliphatic carbocycles. The Morgan fingerprint density at radius 2 is 2.00 bits per heavy atom. The third kappa shape index (κ3) is 3.58. The van der Waals surface area contributed by atoms with Gasteiger partial charge in [-0.2, -0.15) is 0 Å². The number of methoxy groups -OCH3 is 1. The first-order valence-electron chi connectivity index (χ1n) is 6.47. The second-order valence-corrected chi connectivity index (χ2v) is 4.35. The van der Waals surface area contributed by atoms with Gasteiger partial charge in [-0.25, -0.2) is 9.18 Å². The Balaban J connectivity index is 2.49. The first-order valence-corrected chi connectivity index (χ1v) is 6.47. The van der Waals surface area contributed by atoms with Crippen molar-refractivity contribution in [3.8, 4) is 16.9 Å². The van der Waals surface area contributed by atoms with E-state index in [0.29, 0.717) is 35.6 Å². The van der Waals surface area contributed by atoms with Crippen LogP contribution in [0.1, 0.15) is 10.4 Å². The lowest BCUT2D eigenvalue weighted by Crippen LogP contribution is -2.11. The van der Waals surface area contributed by atoms with Crippen LogP contribution in [-0.4, -0.2) is 26.2 Å². The predicted molar refractivity (Wildman–Crippen MR) is 77.7 cm³/mol. The molecule has 0 saturated carbocycles. The van der Waals surface area contributed by atoms with E-state index in [1.165, 1.54) is 13.2 Å². The largest absolute Gasteiger partial charge is 0.492 e. The number of carbonyl (C=O) groups is 1. The normalized spacial score (nSPS) is 10.2. The van der Waals surface area contributed by atoms with Crippen LogP contribution < -0.4 is 10.5 Å². The van der Waals surface area contributed by atoms with Gasteiger partial charge in [0.15, 0.2) is 0 Å². The average Bonchev–Trinajstić information content (AvgIpc) is 2.52. The van der Waals surface area contributed by atoms with Gasteiger partial charge in [0.2, 0.25) is 0 Å². The van der Waals surface area contributed by atoms with Crippen molar-refractivity contribution in [1.82, 2.24) is 0 Å². The fourth-order valence-electron chi connectivity index (χ4n) is 1.95. The van der Waals surface area contributed by atoms with E-state index in [1.54, 1.807) is 36.4 Å². The molecule has 2 rings (SSSR count). The summed E-state index contributed by atoms with van der Waals surface area (Å²) in [6.45, 7) is 0.652. The summed E-state index contributed by atoms with van der Waals surface area (Å²) in [4.78, 5) is 11.7. The standard InChI is InChI=1S/C16H16FNO3/c1-20-16(19)12-8-11(9-13(10-12)21-7-6-18)14-4-2-3-5-15(14)17/h2-5,8-10H,6-7,18H2,1H3. The number of esters is 1. The molecule has 2 aromatic carbocycles. The maximum atomic E-state index is 13.9. The van der Waals surface area contributed by atoms with Crippen LogP contribution in [0.5, 0.6) is 5.75 Å². The number of halogens is 1. The Hall–Kier alpha value is -2.40. The Morgan fingerprint density at radius 3 is 2.67 bits per heavy atom. The molecule has 2 N–H and O–H groups in total. The van der Waals surface area contributed by atoms with Crippen molar-refractivity contribution in [3.63, 3.8) is 0 Å². The highest BCUT2D eigenvalue weighted by Crippen LogP contribution is 2.28. The molecule has 0 unspecified atom stereocenters. The van der Waals surface area contributed by atoms with Gasteiger partial charge in [0.25, 0.3) is 0 Å². The third-order valence-corrected chi connectivity index (χ3v) is 2.90. The van der Waals surface area contributed by atoms with Crippen molar-refractivity contribution in [1.29, 1.82) is 0 Å². The van der Waals surface area contributed by atoms with E-state index in [0.717, 1.165) is 0 Å². The van der Waals surface area contributed by atoms with Crippen LogP contribution in [0.25, 0.3) is 11.1 Å². The highest BCUT2D eigenvalue weighted by atomic mass is 19.1. The van der Waals surface area contributed by atoms with E-state index in [4.69, 9.17) is 15.2 Å². The summed E-state index contributed by atoms with van der Waals surface area (Å²) in [5, 5.41) is 0. The van der Waals surface area contributed by atoms with E-state index in [1.807, 2.05) is 0 Å². The van der Waals surface area contributed by atoms with Crippen molar-refractivity contribution in [2.24, 2.45) is 5.73 Å². The van der Waals surface area contributed by atoms with Gasteiger partial charge in [0.1, 0.15) is 18.2 Å². The number of benzene rings is 2. The number of carbonyl (C=O) groups excluding carboxylic acids is 1. The van der Waals surface area contributed by atoms with E-state index < -0.39 is 5.97 Å². The van der Waals surface area contributed by atoms with E-state index in [2.05, 4.69) is 0 Å². The van der Waals surface area contributed by atoms with E-state index >= 15 is 0 Å². The number of nitrogens with two attached hydrogens (primary N) is 1. The Kier molecular flexibility index (Phi) is 4.90.